The number of aromatic nitrogens is 5. The Morgan fingerprint density at radius 3 is 2.64 bits per heavy atom. The van der Waals surface area contributed by atoms with Crippen LogP contribution in [0, 0.1) is 0 Å². The Hall–Kier alpha value is -3.11. The van der Waals surface area contributed by atoms with Gasteiger partial charge >= 0.3 is 0 Å². The van der Waals surface area contributed by atoms with Gasteiger partial charge in [0.05, 0.1) is 23.7 Å². The van der Waals surface area contributed by atoms with Crippen molar-refractivity contribution in [1.29, 1.82) is 0 Å². The Kier molecular flexibility index (Phi) is 5.39. The molecule has 6 rings (SSSR count). The lowest BCUT2D eigenvalue weighted by Gasteiger charge is -2.25. The number of nitrogens with one attached hydrogen (secondary N) is 1. The second-order valence-corrected chi connectivity index (χ2v) is 9.85. The Balaban J connectivity index is 1.30. The van der Waals surface area contributed by atoms with Crippen molar-refractivity contribution in [3.8, 4) is 22.9 Å². The van der Waals surface area contributed by atoms with E-state index in [0.717, 1.165) is 35.1 Å². The van der Waals surface area contributed by atoms with Crippen molar-refractivity contribution in [3.05, 3.63) is 58.4 Å². The first-order valence-corrected chi connectivity index (χ1v) is 12.8. The van der Waals surface area contributed by atoms with Gasteiger partial charge in [0.2, 0.25) is 5.82 Å². The second kappa shape index (κ2) is 8.68. The fourth-order valence-corrected chi connectivity index (χ4v) is 6.25. The van der Waals surface area contributed by atoms with Crippen LogP contribution in [0.15, 0.2) is 61.0 Å². The molecule has 0 amide bonds. The van der Waals surface area contributed by atoms with E-state index < -0.39 is 0 Å². The quantitative estimate of drug-likeness (QED) is 0.303. The van der Waals surface area contributed by atoms with Gasteiger partial charge in [-0.15, -0.1) is 21.5 Å². The number of fused-ring (bicyclic) bond motifs is 1. The van der Waals surface area contributed by atoms with Gasteiger partial charge in [0.1, 0.15) is 16.4 Å². The number of nitrogens with zero attached hydrogens (tertiary/aromatic N) is 4. The Bertz CT molecular complexity index is 1430. The van der Waals surface area contributed by atoms with Gasteiger partial charge in [0, 0.05) is 17.0 Å². The molecule has 8 nitrogen and oxygen atoms in total. The molecular weight excluding hydrogens is 458 g/mol. The van der Waals surface area contributed by atoms with E-state index in [2.05, 4.69) is 19.7 Å². The molecular formula is C23H21N5O3S2. The number of aromatic amines is 1. The molecule has 5 aromatic heterocycles. The summed E-state index contributed by atoms with van der Waals surface area (Å²) in [4.78, 5) is 21.2. The van der Waals surface area contributed by atoms with Gasteiger partial charge < -0.3 is 13.8 Å². The molecule has 1 saturated carbocycles. The van der Waals surface area contributed by atoms with Crippen LogP contribution in [0.25, 0.3) is 33.1 Å². The van der Waals surface area contributed by atoms with Crippen LogP contribution < -0.4 is 5.56 Å². The maximum absolute atomic E-state index is 12.9. The third-order valence-electron chi connectivity index (χ3n) is 5.96. The van der Waals surface area contributed by atoms with Crippen LogP contribution in [0.2, 0.25) is 0 Å². The van der Waals surface area contributed by atoms with Crippen molar-refractivity contribution in [2.45, 2.75) is 49.1 Å². The minimum atomic E-state index is -0.159. The summed E-state index contributed by atoms with van der Waals surface area (Å²) >= 11 is 2.98. The third kappa shape index (κ3) is 3.83. The van der Waals surface area contributed by atoms with Crippen LogP contribution >= 0.6 is 23.1 Å². The van der Waals surface area contributed by atoms with E-state index in [9.17, 15) is 4.79 Å². The topological polar surface area (TPSA) is 103 Å². The number of thioether (sulfide) groups is 1. The zero-order chi connectivity index (χ0) is 22.2. The lowest BCUT2D eigenvalue weighted by atomic mass is 9.95. The number of rotatable bonds is 6. The van der Waals surface area contributed by atoms with E-state index in [-0.39, 0.29) is 5.56 Å². The molecule has 0 unspecified atom stereocenters. The molecule has 0 spiro atoms. The summed E-state index contributed by atoms with van der Waals surface area (Å²) in [5, 5.41) is 12.2. The molecule has 0 saturated heterocycles. The molecule has 5 heterocycles. The molecule has 0 atom stereocenters. The van der Waals surface area contributed by atoms with Crippen LogP contribution in [-0.4, -0.2) is 24.7 Å². The predicted octanol–water partition coefficient (Wildman–Crippen LogP) is 5.89. The highest BCUT2D eigenvalue weighted by Gasteiger charge is 2.25. The summed E-state index contributed by atoms with van der Waals surface area (Å²) in [5.41, 5.74) is 0.612. The second-order valence-electron chi connectivity index (χ2n) is 8.05. The van der Waals surface area contributed by atoms with Crippen LogP contribution in [-0.2, 0) is 5.75 Å². The highest BCUT2D eigenvalue weighted by atomic mass is 32.2. The molecule has 1 N–H and O–H groups in total. The molecule has 5 aromatic rings. The molecule has 0 radical (unpaired) electrons. The zero-order valence-corrected chi connectivity index (χ0v) is 19.3. The van der Waals surface area contributed by atoms with Crippen molar-refractivity contribution < 1.29 is 8.83 Å². The monoisotopic (exact) mass is 479 g/mol. The molecule has 10 heteroatoms. The lowest BCUT2D eigenvalue weighted by molar-refractivity contribution is 0.337. The number of hydrogen-bond donors (Lipinski definition) is 1. The Labute approximate surface area is 197 Å². The average Bonchev–Trinajstić information content (AvgIpc) is 3.64. The maximum atomic E-state index is 12.9. The van der Waals surface area contributed by atoms with Crippen molar-refractivity contribution in [1.82, 2.24) is 24.7 Å². The number of furan rings is 2. The lowest BCUT2D eigenvalue weighted by Crippen LogP contribution is -2.15. The first-order valence-electron chi connectivity index (χ1n) is 10.9. The number of hydrogen-bond acceptors (Lipinski definition) is 8. The van der Waals surface area contributed by atoms with E-state index >= 15 is 0 Å². The number of H-pyrrole nitrogens is 1. The van der Waals surface area contributed by atoms with E-state index in [0.29, 0.717) is 33.6 Å². The van der Waals surface area contributed by atoms with E-state index in [1.807, 2.05) is 29.6 Å². The highest BCUT2D eigenvalue weighted by molar-refractivity contribution is 7.98. The van der Waals surface area contributed by atoms with Gasteiger partial charge in [-0.25, -0.2) is 4.98 Å². The SMILES string of the molecule is O=c1[nH]c(CSc2nnc(-c3ccco3)n2C2CCCCC2)nc2scc(-c3ccco3)c12. The molecule has 0 bridgehead atoms. The third-order valence-corrected chi connectivity index (χ3v) is 7.79. The van der Waals surface area contributed by atoms with Crippen molar-refractivity contribution in [2.24, 2.45) is 0 Å². The summed E-state index contributed by atoms with van der Waals surface area (Å²) < 4.78 is 13.3. The summed E-state index contributed by atoms with van der Waals surface area (Å²) in [6.45, 7) is 0. The molecule has 0 aliphatic heterocycles. The summed E-state index contributed by atoms with van der Waals surface area (Å²) in [6.07, 6.45) is 9.13. The Morgan fingerprint density at radius 1 is 1.09 bits per heavy atom. The minimum Gasteiger partial charge on any atom is -0.464 e. The summed E-state index contributed by atoms with van der Waals surface area (Å²) in [6, 6.07) is 7.78. The Morgan fingerprint density at radius 2 is 1.88 bits per heavy atom. The molecule has 168 valence electrons. The van der Waals surface area contributed by atoms with Gasteiger partial charge in [-0.3, -0.25) is 9.36 Å². The zero-order valence-electron chi connectivity index (χ0n) is 17.7. The minimum absolute atomic E-state index is 0.159. The number of thiophene rings is 1. The van der Waals surface area contributed by atoms with Crippen LogP contribution in [0.4, 0.5) is 0 Å². The fraction of sp³-hybridized carbons (Fsp3) is 0.304. The average molecular weight is 480 g/mol. The molecule has 1 aliphatic carbocycles. The fourth-order valence-electron chi connectivity index (χ4n) is 4.43. The van der Waals surface area contributed by atoms with E-state index in [1.165, 1.54) is 42.4 Å². The van der Waals surface area contributed by atoms with Gasteiger partial charge in [-0.2, -0.15) is 0 Å². The van der Waals surface area contributed by atoms with Gasteiger partial charge in [-0.05, 0) is 37.1 Å². The largest absolute Gasteiger partial charge is 0.464 e. The molecule has 1 aliphatic rings. The van der Waals surface area contributed by atoms with Crippen molar-refractivity contribution in [2.75, 3.05) is 0 Å². The molecule has 33 heavy (non-hydrogen) atoms. The van der Waals surface area contributed by atoms with Crippen LogP contribution in [0.5, 0.6) is 0 Å². The van der Waals surface area contributed by atoms with Gasteiger partial charge in [0.25, 0.3) is 5.56 Å². The van der Waals surface area contributed by atoms with Crippen LogP contribution in [0.3, 0.4) is 0 Å². The summed E-state index contributed by atoms with van der Waals surface area (Å²) in [7, 11) is 0. The van der Waals surface area contributed by atoms with Gasteiger partial charge in [-0.1, -0.05) is 31.0 Å². The first-order chi connectivity index (χ1) is 16.3. The van der Waals surface area contributed by atoms with Crippen molar-refractivity contribution >= 4 is 33.3 Å². The molecule has 0 aromatic carbocycles. The van der Waals surface area contributed by atoms with Crippen LogP contribution in [0.1, 0.15) is 44.0 Å². The summed E-state index contributed by atoms with van der Waals surface area (Å²) in [5.74, 6) is 3.25. The smallest absolute Gasteiger partial charge is 0.260 e. The first kappa shape index (κ1) is 20.5. The molecule has 1 fully saturated rings. The van der Waals surface area contributed by atoms with Gasteiger partial charge in [0.15, 0.2) is 10.9 Å². The maximum Gasteiger partial charge on any atom is 0.260 e. The van der Waals surface area contributed by atoms with E-state index in [4.69, 9.17) is 13.8 Å². The normalized spacial score (nSPS) is 14.9. The predicted molar refractivity (Wildman–Crippen MR) is 127 cm³/mol. The highest BCUT2D eigenvalue weighted by Crippen LogP contribution is 2.36. The van der Waals surface area contributed by atoms with Crippen molar-refractivity contribution in [3.63, 3.8) is 0 Å². The standard InChI is InChI=1S/C23H21N5O3S2/c29-21-19-15(16-8-4-10-30-16)12-32-22(19)25-18(24-21)13-33-23-27-26-20(17-9-5-11-31-17)28(23)14-6-2-1-3-7-14/h4-5,8-12,14H,1-3,6-7,13H2,(H,24,25,29). The van der Waals surface area contributed by atoms with E-state index in [1.54, 1.807) is 12.5 Å².